The highest BCUT2D eigenvalue weighted by Gasteiger charge is 1.90. The van der Waals surface area contributed by atoms with Crippen LogP contribution in [0.15, 0.2) is 12.4 Å². The lowest BCUT2D eigenvalue weighted by Crippen LogP contribution is -1.95. The minimum Gasteiger partial charge on any atom is -0.357 e. The zero-order valence-corrected chi connectivity index (χ0v) is 7.24. The summed E-state index contributed by atoms with van der Waals surface area (Å²) in [5, 5.41) is 2.79. The minimum absolute atomic E-state index is 0.244. The number of rotatable bonds is 2. The Morgan fingerprint density at radius 1 is 1.54 bits per heavy atom. The van der Waals surface area contributed by atoms with Crippen LogP contribution >= 0.6 is 0 Å². The van der Waals surface area contributed by atoms with Crippen molar-refractivity contribution in [1.29, 1.82) is 0 Å². The summed E-state index contributed by atoms with van der Waals surface area (Å²) in [6.45, 7) is 0. The first kappa shape index (κ1) is 9.20. The van der Waals surface area contributed by atoms with Crippen LogP contribution in [0.3, 0.4) is 0 Å². The van der Waals surface area contributed by atoms with Crippen LogP contribution in [0, 0.1) is 11.8 Å². The van der Waals surface area contributed by atoms with E-state index in [-0.39, 0.29) is 6.42 Å². The maximum Gasteiger partial charge on any atom is 0.222 e. The van der Waals surface area contributed by atoms with Gasteiger partial charge < -0.3 is 10.1 Å². The molecule has 1 rings (SSSR count). The Balaban J connectivity index is 2.70. The van der Waals surface area contributed by atoms with Gasteiger partial charge >= 0.3 is 0 Å². The largest absolute Gasteiger partial charge is 0.357 e. The van der Waals surface area contributed by atoms with Crippen LogP contribution in [0.5, 0.6) is 0 Å². The average molecular weight is 175 g/mol. The fourth-order valence-corrected chi connectivity index (χ4v) is 0.716. The van der Waals surface area contributed by atoms with Crippen molar-refractivity contribution >= 4 is 12.2 Å². The van der Waals surface area contributed by atoms with Gasteiger partial charge in [0.1, 0.15) is 6.29 Å². The van der Waals surface area contributed by atoms with Crippen molar-refractivity contribution in [2.45, 2.75) is 6.42 Å². The van der Waals surface area contributed by atoms with E-state index in [9.17, 15) is 4.79 Å². The SMILES string of the molecule is CNc1ncc(C#CCC=O)cn1. The fraction of sp³-hybridized carbons (Fsp3) is 0.222. The Hall–Kier alpha value is -1.89. The first-order chi connectivity index (χ1) is 6.36. The molecule has 0 aliphatic heterocycles. The summed E-state index contributed by atoms with van der Waals surface area (Å²) in [4.78, 5) is 17.9. The Kier molecular flexibility index (Phi) is 3.45. The van der Waals surface area contributed by atoms with Gasteiger partial charge in [-0.3, -0.25) is 0 Å². The second-order valence-electron chi connectivity index (χ2n) is 2.22. The smallest absolute Gasteiger partial charge is 0.222 e. The third-order valence-corrected chi connectivity index (χ3v) is 1.29. The second kappa shape index (κ2) is 4.88. The molecule has 0 aromatic carbocycles. The van der Waals surface area contributed by atoms with E-state index in [0.29, 0.717) is 11.5 Å². The molecule has 1 heterocycles. The van der Waals surface area contributed by atoms with Crippen LogP contribution in [-0.4, -0.2) is 23.3 Å². The molecular weight excluding hydrogens is 166 g/mol. The molecule has 66 valence electrons. The normalized spacial score (nSPS) is 8.38. The van der Waals surface area contributed by atoms with Crippen molar-refractivity contribution in [2.24, 2.45) is 0 Å². The van der Waals surface area contributed by atoms with Gasteiger partial charge in [-0.25, -0.2) is 9.97 Å². The standard InChI is InChI=1S/C9H9N3O/c1-10-9-11-6-8(7-12-9)4-2-3-5-13/h5-7H,3H2,1H3,(H,10,11,12). The van der Waals surface area contributed by atoms with Crippen molar-refractivity contribution in [1.82, 2.24) is 9.97 Å². The van der Waals surface area contributed by atoms with Gasteiger partial charge in [0.2, 0.25) is 5.95 Å². The molecule has 0 saturated carbocycles. The summed E-state index contributed by atoms with van der Waals surface area (Å²) in [5.41, 5.74) is 0.709. The van der Waals surface area contributed by atoms with Gasteiger partial charge in [0.05, 0.1) is 12.0 Å². The molecule has 0 atom stereocenters. The van der Waals surface area contributed by atoms with Crippen molar-refractivity contribution in [3.05, 3.63) is 18.0 Å². The number of anilines is 1. The molecule has 1 aromatic heterocycles. The molecule has 13 heavy (non-hydrogen) atoms. The van der Waals surface area contributed by atoms with E-state index >= 15 is 0 Å². The Bertz CT molecular complexity index is 334. The monoisotopic (exact) mass is 175 g/mol. The predicted octanol–water partition coefficient (Wildman–Crippen LogP) is 0.459. The molecule has 1 N–H and O–H groups in total. The van der Waals surface area contributed by atoms with E-state index < -0.39 is 0 Å². The Morgan fingerprint density at radius 2 is 2.23 bits per heavy atom. The number of carbonyl (C=O) groups excluding carboxylic acids is 1. The van der Waals surface area contributed by atoms with Crippen molar-refractivity contribution in [2.75, 3.05) is 12.4 Å². The molecule has 0 saturated heterocycles. The second-order valence-corrected chi connectivity index (χ2v) is 2.22. The third-order valence-electron chi connectivity index (χ3n) is 1.29. The Labute approximate surface area is 76.4 Å². The lowest BCUT2D eigenvalue weighted by molar-refractivity contribution is -0.107. The van der Waals surface area contributed by atoms with Crippen LogP contribution < -0.4 is 5.32 Å². The number of hydrogen-bond acceptors (Lipinski definition) is 4. The van der Waals surface area contributed by atoms with Crippen molar-refractivity contribution < 1.29 is 4.79 Å². The lowest BCUT2D eigenvalue weighted by atomic mass is 10.3. The maximum absolute atomic E-state index is 9.95. The molecule has 0 aliphatic rings. The lowest BCUT2D eigenvalue weighted by Gasteiger charge is -1.94. The fourth-order valence-electron chi connectivity index (χ4n) is 0.716. The van der Waals surface area contributed by atoms with Gasteiger partial charge in [-0.2, -0.15) is 0 Å². The Morgan fingerprint density at radius 3 is 2.77 bits per heavy atom. The zero-order chi connectivity index (χ0) is 9.52. The summed E-state index contributed by atoms with van der Waals surface area (Å²) in [5.74, 6) is 5.99. The van der Waals surface area contributed by atoms with E-state index in [1.54, 1.807) is 19.4 Å². The minimum atomic E-state index is 0.244. The van der Waals surface area contributed by atoms with Crippen LogP contribution in [0.4, 0.5) is 5.95 Å². The summed E-state index contributed by atoms with van der Waals surface area (Å²) < 4.78 is 0. The van der Waals surface area contributed by atoms with Gasteiger partial charge in [-0.1, -0.05) is 11.8 Å². The van der Waals surface area contributed by atoms with Gasteiger partial charge in [-0.15, -0.1) is 0 Å². The number of hydrogen-bond donors (Lipinski definition) is 1. The molecule has 0 fully saturated rings. The van der Waals surface area contributed by atoms with Gasteiger partial charge in [-0.05, 0) is 0 Å². The predicted molar refractivity (Wildman–Crippen MR) is 49.1 cm³/mol. The first-order valence-corrected chi connectivity index (χ1v) is 3.79. The van der Waals surface area contributed by atoms with Crippen molar-refractivity contribution in [3.63, 3.8) is 0 Å². The first-order valence-electron chi connectivity index (χ1n) is 3.79. The molecule has 0 aliphatic carbocycles. The highest BCUT2D eigenvalue weighted by Crippen LogP contribution is 1.96. The van der Waals surface area contributed by atoms with E-state index in [1.165, 1.54) is 0 Å². The van der Waals surface area contributed by atoms with E-state index in [2.05, 4.69) is 27.1 Å². The average Bonchev–Trinajstić information content (AvgIpc) is 2.19. The van der Waals surface area contributed by atoms with E-state index in [4.69, 9.17) is 0 Å². The summed E-state index contributed by atoms with van der Waals surface area (Å²) in [7, 11) is 1.74. The summed E-state index contributed by atoms with van der Waals surface area (Å²) in [6, 6.07) is 0. The molecule has 4 heteroatoms. The third kappa shape index (κ3) is 2.91. The quantitative estimate of drug-likeness (QED) is 0.524. The number of carbonyl (C=O) groups is 1. The van der Waals surface area contributed by atoms with Crippen LogP contribution in [-0.2, 0) is 4.79 Å². The number of nitrogens with zero attached hydrogens (tertiary/aromatic N) is 2. The van der Waals surface area contributed by atoms with Crippen LogP contribution in [0.2, 0.25) is 0 Å². The van der Waals surface area contributed by atoms with Crippen LogP contribution in [0.1, 0.15) is 12.0 Å². The number of aromatic nitrogens is 2. The van der Waals surface area contributed by atoms with Gasteiger partial charge in [0, 0.05) is 19.4 Å². The van der Waals surface area contributed by atoms with E-state index in [0.717, 1.165) is 6.29 Å². The highest BCUT2D eigenvalue weighted by molar-refractivity contribution is 5.54. The number of nitrogens with one attached hydrogen (secondary N) is 1. The molecule has 0 bridgehead atoms. The summed E-state index contributed by atoms with van der Waals surface area (Å²) in [6.07, 6.45) is 4.22. The molecule has 4 nitrogen and oxygen atoms in total. The molecule has 1 aromatic rings. The molecule has 0 spiro atoms. The zero-order valence-electron chi connectivity index (χ0n) is 7.24. The molecule has 0 unspecified atom stereocenters. The summed E-state index contributed by atoms with van der Waals surface area (Å²) >= 11 is 0. The van der Waals surface area contributed by atoms with Gasteiger partial charge in [0.25, 0.3) is 0 Å². The van der Waals surface area contributed by atoms with E-state index in [1.807, 2.05) is 0 Å². The maximum atomic E-state index is 9.95. The van der Waals surface area contributed by atoms with Crippen LogP contribution in [0.25, 0.3) is 0 Å². The molecule has 0 radical (unpaired) electrons. The van der Waals surface area contributed by atoms with Gasteiger partial charge in [0.15, 0.2) is 0 Å². The molecular formula is C9H9N3O. The highest BCUT2D eigenvalue weighted by atomic mass is 16.1. The topological polar surface area (TPSA) is 54.9 Å². The number of aldehydes is 1. The molecule has 0 amide bonds. The van der Waals surface area contributed by atoms with Crippen molar-refractivity contribution in [3.8, 4) is 11.8 Å².